The number of rotatable bonds is 4. The zero-order valence-electron chi connectivity index (χ0n) is 14.3. The lowest BCUT2D eigenvalue weighted by Gasteiger charge is -2.09. The third-order valence-electron chi connectivity index (χ3n) is 3.82. The largest absolute Gasteiger partial charge is 0.376 e. The summed E-state index contributed by atoms with van der Waals surface area (Å²) in [6.45, 7) is 3.84. The van der Waals surface area contributed by atoms with Gasteiger partial charge in [0.15, 0.2) is 11.4 Å². The van der Waals surface area contributed by atoms with E-state index in [1.54, 1.807) is 18.2 Å². The number of hydrogen-bond acceptors (Lipinski definition) is 5. The van der Waals surface area contributed by atoms with Gasteiger partial charge in [-0.2, -0.15) is 13.7 Å². The highest BCUT2D eigenvalue weighted by atomic mass is 32.2. The van der Waals surface area contributed by atoms with Crippen molar-refractivity contribution in [3.05, 3.63) is 77.5 Å². The Morgan fingerprint density at radius 1 is 0.885 bits per heavy atom. The molecule has 1 aromatic heterocycles. The van der Waals surface area contributed by atoms with Crippen LogP contribution in [0, 0.1) is 25.2 Å². The molecule has 0 amide bonds. The molecule has 0 bridgehead atoms. The third kappa shape index (κ3) is 3.73. The highest BCUT2D eigenvalue weighted by molar-refractivity contribution is 7.87. The molecule has 6 heteroatoms. The van der Waals surface area contributed by atoms with E-state index in [1.165, 1.54) is 18.2 Å². The summed E-state index contributed by atoms with van der Waals surface area (Å²) < 4.78 is 30.0. The van der Waals surface area contributed by atoms with Crippen molar-refractivity contribution in [3.63, 3.8) is 0 Å². The Morgan fingerprint density at radius 3 is 2.04 bits per heavy atom. The molecule has 2 aromatic carbocycles. The van der Waals surface area contributed by atoms with E-state index in [-0.39, 0.29) is 16.3 Å². The molecule has 1 heterocycles. The van der Waals surface area contributed by atoms with Crippen LogP contribution in [0.4, 0.5) is 0 Å². The molecule has 0 aliphatic heterocycles. The number of nitriles is 1. The van der Waals surface area contributed by atoms with Crippen molar-refractivity contribution in [3.8, 4) is 23.1 Å². The van der Waals surface area contributed by atoms with Crippen LogP contribution >= 0.6 is 0 Å². The molecule has 0 N–H and O–H groups in total. The standard InChI is InChI=1S/C20H16N2O3S/c1-14-3-7-16(8-4-14)18-11-12-20(19(13-21)22-18)25-26(23,24)17-9-5-15(2)6-10-17/h3-12H,1-2H3. The van der Waals surface area contributed by atoms with Crippen LogP contribution in [0.25, 0.3) is 11.3 Å². The maximum atomic E-state index is 12.4. The lowest BCUT2D eigenvalue weighted by molar-refractivity contribution is 0.484. The van der Waals surface area contributed by atoms with Crippen LogP contribution in [0.3, 0.4) is 0 Å². The Balaban J connectivity index is 1.94. The first kappa shape index (κ1) is 17.6. The van der Waals surface area contributed by atoms with Gasteiger partial charge in [0.25, 0.3) is 0 Å². The predicted molar refractivity (Wildman–Crippen MR) is 98.1 cm³/mol. The molecule has 0 aliphatic carbocycles. The Hall–Kier alpha value is -3.17. The molecule has 0 saturated carbocycles. The van der Waals surface area contributed by atoms with Gasteiger partial charge in [0, 0.05) is 5.56 Å². The summed E-state index contributed by atoms with van der Waals surface area (Å²) in [5.41, 5.74) is 3.37. The van der Waals surface area contributed by atoms with Crippen molar-refractivity contribution in [2.24, 2.45) is 0 Å². The maximum Gasteiger partial charge on any atom is 0.339 e. The Kier molecular flexibility index (Phi) is 4.74. The molecule has 0 fully saturated rings. The molecule has 0 atom stereocenters. The van der Waals surface area contributed by atoms with E-state index in [9.17, 15) is 13.7 Å². The molecule has 3 aromatic rings. The van der Waals surface area contributed by atoms with Gasteiger partial charge in [0.05, 0.1) is 5.69 Å². The molecule has 5 nitrogen and oxygen atoms in total. The first-order chi connectivity index (χ1) is 12.4. The quantitative estimate of drug-likeness (QED) is 0.654. The minimum absolute atomic E-state index is 0.0228. The second kappa shape index (κ2) is 6.98. The maximum absolute atomic E-state index is 12.4. The van der Waals surface area contributed by atoms with E-state index in [0.29, 0.717) is 5.69 Å². The van der Waals surface area contributed by atoms with Crippen LogP contribution in [0.2, 0.25) is 0 Å². The first-order valence-corrected chi connectivity index (χ1v) is 9.29. The van der Waals surface area contributed by atoms with E-state index in [1.807, 2.05) is 44.2 Å². The second-order valence-corrected chi connectivity index (χ2v) is 7.42. The van der Waals surface area contributed by atoms with Crippen molar-refractivity contribution >= 4 is 10.1 Å². The number of nitrogens with zero attached hydrogens (tertiary/aromatic N) is 2. The second-order valence-electron chi connectivity index (χ2n) is 5.87. The van der Waals surface area contributed by atoms with Gasteiger partial charge < -0.3 is 4.18 Å². The van der Waals surface area contributed by atoms with Crippen LogP contribution in [-0.2, 0) is 10.1 Å². The monoisotopic (exact) mass is 364 g/mol. The average molecular weight is 364 g/mol. The highest BCUT2D eigenvalue weighted by Gasteiger charge is 2.19. The lowest BCUT2D eigenvalue weighted by atomic mass is 10.1. The molecule has 26 heavy (non-hydrogen) atoms. The molecule has 0 spiro atoms. The van der Waals surface area contributed by atoms with Gasteiger partial charge in [-0.15, -0.1) is 0 Å². The highest BCUT2D eigenvalue weighted by Crippen LogP contribution is 2.26. The molecule has 3 rings (SSSR count). The van der Waals surface area contributed by atoms with Gasteiger partial charge in [-0.1, -0.05) is 47.5 Å². The molecule has 0 aliphatic rings. The normalized spacial score (nSPS) is 11.0. The number of hydrogen-bond donors (Lipinski definition) is 0. The molecule has 0 saturated heterocycles. The van der Waals surface area contributed by atoms with Gasteiger partial charge in [0.1, 0.15) is 11.0 Å². The summed E-state index contributed by atoms with van der Waals surface area (Å²) in [5.74, 6) is -0.0936. The number of aryl methyl sites for hydroxylation is 2. The van der Waals surface area contributed by atoms with Crippen LogP contribution in [0.5, 0.6) is 5.75 Å². The SMILES string of the molecule is Cc1ccc(-c2ccc(OS(=O)(=O)c3ccc(C)cc3)c(C#N)n2)cc1. The van der Waals surface area contributed by atoms with Gasteiger partial charge in [-0.3, -0.25) is 0 Å². The van der Waals surface area contributed by atoms with Gasteiger partial charge >= 0.3 is 10.1 Å². The third-order valence-corrected chi connectivity index (χ3v) is 5.07. The first-order valence-electron chi connectivity index (χ1n) is 7.88. The van der Waals surface area contributed by atoms with Crippen LogP contribution in [0.1, 0.15) is 16.8 Å². The van der Waals surface area contributed by atoms with Gasteiger partial charge in [-0.05, 0) is 38.1 Å². The summed E-state index contributed by atoms with van der Waals surface area (Å²) in [7, 11) is -4.04. The zero-order valence-corrected chi connectivity index (χ0v) is 15.1. The van der Waals surface area contributed by atoms with E-state index >= 15 is 0 Å². The Bertz CT molecular complexity index is 1080. The molecule has 130 valence electrons. The summed E-state index contributed by atoms with van der Waals surface area (Å²) in [6.07, 6.45) is 0. The molecule has 0 unspecified atom stereocenters. The average Bonchev–Trinajstić information content (AvgIpc) is 2.63. The summed E-state index contributed by atoms with van der Waals surface area (Å²) in [6, 6.07) is 18.9. The van der Waals surface area contributed by atoms with E-state index in [4.69, 9.17) is 4.18 Å². The number of benzene rings is 2. The topological polar surface area (TPSA) is 80.0 Å². The van der Waals surface area contributed by atoms with Crippen LogP contribution in [0.15, 0.2) is 65.6 Å². The predicted octanol–water partition coefficient (Wildman–Crippen LogP) is 4.00. The van der Waals surface area contributed by atoms with Gasteiger partial charge in [0.2, 0.25) is 0 Å². The van der Waals surface area contributed by atoms with E-state index < -0.39 is 10.1 Å². The fourth-order valence-corrected chi connectivity index (χ4v) is 3.29. The minimum Gasteiger partial charge on any atom is -0.376 e. The minimum atomic E-state index is -4.04. The number of pyridine rings is 1. The summed E-state index contributed by atoms with van der Waals surface area (Å²) in [5, 5.41) is 9.35. The van der Waals surface area contributed by atoms with Crippen LogP contribution in [-0.4, -0.2) is 13.4 Å². The smallest absolute Gasteiger partial charge is 0.339 e. The molecule has 0 radical (unpaired) electrons. The molecular formula is C20H16N2O3S. The lowest BCUT2D eigenvalue weighted by Crippen LogP contribution is -2.11. The molecular weight excluding hydrogens is 348 g/mol. The fraction of sp³-hybridized carbons (Fsp3) is 0.100. The van der Waals surface area contributed by atoms with Crippen molar-refractivity contribution in [1.82, 2.24) is 4.98 Å². The fourth-order valence-electron chi connectivity index (χ4n) is 2.35. The van der Waals surface area contributed by atoms with E-state index in [2.05, 4.69) is 4.98 Å². The Morgan fingerprint density at radius 2 is 1.46 bits per heavy atom. The summed E-state index contributed by atoms with van der Waals surface area (Å²) >= 11 is 0. The van der Waals surface area contributed by atoms with E-state index in [0.717, 1.165) is 16.7 Å². The number of aromatic nitrogens is 1. The van der Waals surface area contributed by atoms with Crippen molar-refractivity contribution in [2.45, 2.75) is 18.7 Å². The zero-order chi connectivity index (χ0) is 18.7. The van der Waals surface area contributed by atoms with Crippen molar-refractivity contribution in [2.75, 3.05) is 0 Å². The Labute approximate surface area is 152 Å². The van der Waals surface area contributed by atoms with Crippen molar-refractivity contribution in [1.29, 1.82) is 5.26 Å². The van der Waals surface area contributed by atoms with Gasteiger partial charge in [-0.25, -0.2) is 4.98 Å². The van der Waals surface area contributed by atoms with Crippen molar-refractivity contribution < 1.29 is 12.6 Å². The summed E-state index contributed by atoms with van der Waals surface area (Å²) in [4.78, 5) is 4.26. The van der Waals surface area contributed by atoms with Crippen LogP contribution < -0.4 is 4.18 Å².